The fourth-order valence-corrected chi connectivity index (χ4v) is 3.55. The number of amides is 1. The highest BCUT2D eigenvalue weighted by atomic mass is 19.1. The van der Waals surface area contributed by atoms with Crippen LogP contribution < -0.4 is 10.9 Å². The molecule has 7 nitrogen and oxygen atoms in total. The summed E-state index contributed by atoms with van der Waals surface area (Å²) in [5.41, 5.74) is 0.983. The van der Waals surface area contributed by atoms with Crippen LogP contribution in [0.15, 0.2) is 77.9 Å². The number of hydrogen-bond acceptors (Lipinski definition) is 4. The molecule has 2 heterocycles. The SMILES string of the molecule is O=C(Cn1ncn2nc(-c3cccc4ccccc34)cc2c1=O)Nc1ccc(F)cc1F. The molecule has 2 aromatic heterocycles. The van der Waals surface area contributed by atoms with Gasteiger partial charge in [-0.15, -0.1) is 0 Å². The first-order chi connectivity index (χ1) is 15.5. The van der Waals surface area contributed by atoms with E-state index in [-0.39, 0.29) is 11.2 Å². The van der Waals surface area contributed by atoms with Crippen LogP contribution in [0.5, 0.6) is 0 Å². The molecule has 3 aromatic carbocycles. The number of aromatic nitrogens is 4. The third-order valence-electron chi connectivity index (χ3n) is 5.05. The van der Waals surface area contributed by atoms with Gasteiger partial charge in [-0.05, 0) is 29.0 Å². The fourth-order valence-electron chi connectivity index (χ4n) is 3.55. The molecule has 0 saturated carbocycles. The van der Waals surface area contributed by atoms with Crippen LogP contribution in [0.25, 0.3) is 27.5 Å². The van der Waals surface area contributed by atoms with Crippen molar-refractivity contribution in [1.82, 2.24) is 19.4 Å². The van der Waals surface area contributed by atoms with Crippen molar-refractivity contribution in [2.24, 2.45) is 0 Å². The van der Waals surface area contributed by atoms with Crippen LogP contribution in [0.4, 0.5) is 14.5 Å². The number of anilines is 1. The summed E-state index contributed by atoms with van der Waals surface area (Å²) in [4.78, 5) is 25.2. The van der Waals surface area contributed by atoms with Crippen molar-refractivity contribution in [3.63, 3.8) is 0 Å². The highest BCUT2D eigenvalue weighted by molar-refractivity contribution is 5.96. The lowest BCUT2D eigenvalue weighted by molar-refractivity contribution is -0.117. The van der Waals surface area contributed by atoms with Gasteiger partial charge in [0.1, 0.15) is 30.0 Å². The maximum absolute atomic E-state index is 13.8. The lowest BCUT2D eigenvalue weighted by atomic mass is 10.0. The molecule has 0 fully saturated rings. The van der Waals surface area contributed by atoms with Crippen molar-refractivity contribution < 1.29 is 13.6 Å². The van der Waals surface area contributed by atoms with Gasteiger partial charge in [0.2, 0.25) is 5.91 Å². The van der Waals surface area contributed by atoms with Gasteiger partial charge in [-0.1, -0.05) is 42.5 Å². The molecule has 0 aliphatic carbocycles. The second kappa shape index (κ2) is 7.69. The Bertz CT molecular complexity index is 1550. The molecular weight excluding hydrogens is 416 g/mol. The van der Waals surface area contributed by atoms with E-state index in [0.29, 0.717) is 11.8 Å². The molecule has 0 unspecified atom stereocenters. The van der Waals surface area contributed by atoms with Gasteiger partial charge in [0.05, 0.1) is 11.4 Å². The highest BCUT2D eigenvalue weighted by Gasteiger charge is 2.15. The summed E-state index contributed by atoms with van der Waals surface area (Å²) in [6.07, 6.45) is 1.33. The molecule has 5 rings (SSSR count). The first-order valence-electron chi connectivity index (χ1n) is 9.68. The molecule has 0 bridgehead atoms. The van der Waals surface area contributed by atoms with Gasteiger partial charge in [0.15, 0.2) is 0 Å². The molecule has 0 atom stereocenters. The summed E-state index contributed by atoms with van der Waals surface area (Å²) in [5, 5.41) is 12.8. The molecule has 5 aromatic rings. The van der Waals surface area contributed by atoms with Crippen molar-refractivity contribution in [1.29, 1.82) is 0 Å². The maximum Gasteiger partial charge on any atom is 0.293 e. The largest absolute Gasteiger partial charge is 0.322 e. The van der Waals surface area contributed by atoms with Crippen molar-refractivity contribution in [3.8, 4) is 11.3 Å². The Morgan fingerprint density at radius 3 is 2.66 bits per heavy atom. The van der Waals surface area contributed by atoms with E-state index in [4.69, 9.17) is 0 Å². The van der Waals surface area contributed by atoms with E-state index in [1.54, 1.807) is 6.07 Å². The van der Waals surface area contributed by atoms with Crippen molar-refractivity contribution in [3.05, 3.63) is 95.0 Å². The van der Waals surface area contributed by atoms with Gasteiger partial charge in [-0.25, -0.2) is 18.0 Å². The average Bonchev–Trinajstić information content (AvgIpc) is 3.22. The molecule has 1 N–H and O–H groups in total. The van der Waals surface area contributed by atoms with Gasteiger partial charge in [-0.3, -0.25) is 9.59 Å². The maximum atomic E-state index is 13.8. The molecule has 0 saturated heterocycles. The Hall–Kier alpha value is -4.40. The van der Waals surface area contributed by atoms with Crippen LogP contribution in [0, 0.1) is 11.6 Å². The van der Waals surface area contributed by atoms with Crippen LogP contribution in [0.1, 0.15) is 0 Å². The van der Waals surface area contributed by atoms with E-state index in [1.807, 2.05) is 42.5 Å². The Labute approximate surface area is 179 Å². The van der Waals surface area contributed by atoms with Gasteiger partial charge < -0.3 is 5.32 Å². The number of hydrogen-bond donors (Lipinski definition) is 1. The van der Waals surface area contributed by atoms with E-state index in [1.165, 1.54) is 10.8 Å². The Morgan fingerprint density at radius 2 is 1.81 bits per heavy atom. The lowest BCUT2D eigenvalue weighted by Gasteiger charge is -2.07. The number of nitrogens with one attached hydrogen (secondary N) is 1. The monoisotopic (exact) mass is 431 g/mol. The molecule has 0 radical (unpaired) electrons. The van der Waals surface area contributed by atoms with Gasteiger partial charge >= 0.3 is 0 Å². The normalized spacial score (nSPS) is 11.2. The minimum Gasteiger partial charge on any atom is -0.322 e. The van der Waals surface area contributed by atoms with Crippen LogP contribution >= 0.6 is 0 Å². The van der Waals surface area contributed by atoms with E-state index in [9.17, 15) is 18.4 Å². The lowest BCUT2D eigenvalue weighted by Crippen LogP contribution is -2.30. The Kier molecular flexibility index (Phi) is 4.70. The molecule has 0 spiro atoms. The highest BCUT2D eigenvalue weighted by Crippen LogP contribution is 2.27. The first kappa shape index (κ1) is 19.6. The second-order valence-electron chi connectivity index (χ2n) is 7.15. The third-order valence-corrected chi connectivity index (χ3v) is 5.05. The van der Waals surface area contributed by atoms with Gasteiger partial charge in [0, 0.05) is 11.6 Å². The van der Waals surface area contributed by atoms with Gasteiger partial charge in [0.25, 0.3) is 5.56 Å². The summed E-state index contributed by atoms with van der Waals surface area (Å²) in [6, 6.07) is 18.1. The number of carbonyl (C=O) groups is 1. The summed E-state index contributed by atoms with van der Waals surface area (Å²) in [6.45, 7) is -0.444. The standard InChI is InChI=1S/C23H15F2N5O2/c24-15-8-9-19(18(25)10-15)27-22(31)12-29-23(32)21-11-20(28-30(21)13-26-29)17-7-3-5-14-4-1-2-6-16(14)17/h1-11,13H,12H2,(H,27,31). The smallest absolute Gasteiger partial charge is 0.293 e. The third kappa shape index (κ3) is 3.49. The number of rotatable bonds is 4. The zero-order valence-electron chi connectivity index (χ0n) is 16.5. The topological polar surface area (TPSA) is 81.3 Å². The van der Waals surface area contributed by atoms with E-state index in [2.05, 4.69) is 15.5 Å². The minimum absolute atomic E-state index is 0.187. The van der Waals surface area contributed by atoms with Crippen molar-refractivity contribution in [2.75, 3.05) is 5.32 Å². The first-order valence-corrected chi connectivity index (χ1v) is 9.68. The van der Waals surface area contributed by atoms with Crippen LogP contribution in [0.2, 0.25) is 0 Å². The summed E-state index contributed by atoms with van der Waals surface area (Å²) in [5.74, 6) is -2.35. The predicted molar refractivity (Wildman–Crippen MR) is 115 cm³/mol. The van der Waals surface area contributed by atoms with Crippen LogP contribution in [-0.2, 0) is 11.3 Å². The van der Waals surface area contributed by atoms with Crippen molar-refractivity contribution in [2.45, 2.75) is 6.54 Å². The quantitative estimate of drug-likeness (QED) is 0.471. The number of fused-ring (bicyclic) bond motifs is 2. The zero-order chi connectivity index (χ0) is 22.2. The molecule has 158 valence electrons. The number of nitrogens with zero attached hydrogens (tertiary/aromatic N) is 4. The molecule has 32 heavy (non-hydrogen) atoms. The van der Waals surface area contributed by atoms with Crippen molar-refractivity contribution >= 4 is 27.9 Å². The number of halogens is 2. The van der Waals surface area contributed by atoms with E-state index >= 15 is 0 Å². The summed E-state index contributed by atoms with van der Waals surface area (Å²) in [7, 11) is 0. The molecular formula is C23H15F2N5O2. The minimum atomic E-state index is -0.912. The summed E-state index contributed by atoms with van der Waals surface area (Å²) >= 11 is 0. The van der Waals surface area contributed by atoms with Crippen LogP contribution in [0.3, 0.4) is 0 Å². The number of benzene rings is 3. The molecule has 0 aliphatic heterocycles. The van der Waals surface area contributed by atoms with E-state index < -0.39 is 29.6 Å². The number of carbonyl (C=O) groups excluding carboxylic acids is 1. The van der Waals surface area contributed by atoms with Gasteiger partial charge in [-0.2, -0.15) is 10.2 Å². The Balaban J connectivity index is 1.47. The van der Waals surface area contributed by atoms with Crippen LogP contribution in [-0.4, -0.2) is 25.3 Å². The molecule has 0 aliphatic rings. The molecule has 9 heteroatoms. The predicted octanol–water partition coefficient (Wildman–Crippen LogP) is 3.63. The zero-order valence-corrected chi connectivity index (χ0v) is 16.5. The fraction of sp³-hybridized carbons (Fsp3) is 0.0435. The second-order valence-corrected chi connectivity index (χ2v) is 7.15. The Morgan fingerprint density at radius 1 is 1.00 bits per heavy atom. The average molecular weight is 431 g/mol. The summed E-state index contributed by atoms with van der Waals surface area (Å²) < 4.78 is 29.1. The van der Waals surface area contributed by atoms with E-state index in [0.717, 1.165) is 33.2 Å². The molecule has 1 amide bonds.